The number of piperidine rings is 1. The fourth-order valence-electron chi connectivity index (χ4n) is 4.04. The first-order valence-electron chi connectivity index (χ1n) is 9.20. The molecule has 26 heavy (non-hydrogen) atoms. The van der Waals surface area contributed by atoms with Crippen molar-refractivity contribution in [2.24, 2.45) is 0 Å². The quantitative estimate of drug-likeness (QED) is 0.921. The number of nitrogens with one attached hydrogen (secondary N) is 1. The highest BCUT2D eigenvalue weighted by atomic mass is 16.2. The van der Waals surface area contributed by atoms with Gasteiger partial charge in [0.1, 0.15) is 6.04 Å². The number of likely N-dealkylation sites (tertiary alicyclic amines) is 1. The molecule has 2 amide bonds. The molecule has 1 atom stereocenters. The molecule has 1 N–H and O–H groups in total. The van der Waals surface area contributed by atoms with Crippen LogP contribution in [0.15, 0.2) is 60.7 Å². The van der Waals surface area contributed by atoms with Gasteiger partial charge in [-0.1, -0.05) is 60.7 Å². The third-order valence-electron chi connectivity index (χ3n) is 5.25. The van der Waals surface area contributed by atoms with E-state index in [2.05, 4.69) is 53.8 Å². The maximum Gasteiger partial charge on any atom is 0.244 e. The average Bonchev–Trinajstić information content (AvgIpc) is 2.68. The molecule has 1 saturated heterocycles. The van der Waals surface area contributed by atoms with Crippen LogP contribution in [0.1, 0.15) is 37.8 Å². The van der Waals surface area contributed by atoms with Gasteiger partial charge in [-0.2, -0.15) is 0 Å². The summed E-state index contributed by atoms with van der Waals surface area (Å²) in [5.41, 5.74) is 2.25. The Morgan fingerprint density at radius 2 is 1.54 bits per heavy atom. The first-order valence-corrected chi connectivity index (χ1v) is 9.20. The predicted octanol–water partition coefficient (Wildman–Crippen LogP) is 3.12. The molecule has 0 radical (unpaired) electrons. The van der Waals surface area contributed by atoms with Gasteiger partial charge in [-0.25, -0.2) is 0 Å². The van der Waals surface area contributed by atoms with Crippen LogP contribution in [0, 0.1) is 0 Å². The second-order valence-electron chi connectivity index (χ2n) is 7.10. The first-order chi connectivity index (χ1) is 12.5. The lowest BCUT2D eigenvalue weighted by Gasteiger charge is -2.44. The molecule has 0 bridgehead atoms. The summed E-state index contributed by atoms with van der Waals surface area (Å²) in [5.74, 6) is -0.198. The Balaban J connectivity index is 1.95. The van der Waals surface area contributed by atoms with E-state index in [9.17, 15) is 9.59 Å². The van der Waals surface area contributed by atoms with Gasteiger partial charge < -0.3 is 10.2 Å². The number of carbonyl (C=O) groups is 2. The molecule has 0 saturated carbocycles. The van der Waals surface area contributed by atoms with Crippen molar-refractivity contribution in [2.75, 3.05) is 13.1 Å². The molecule has 0 unspecified atom stereocenters. The molecule has 2 aromatic rings. The Labute approximate surface area is 155 Å². The van der Waals surface area contributed by atoms with Gasteiger partial charge in [-0.05, 0) is 30.9 Å². The fourth-order valence-corrected chi connectivity index (χ4v) is 4.04. The maximum atomic E-state index is 12.9. The van der Waals surface area contributed by atoms with Gasteiger partial charge in [0.25, 0.3) is 0 Å². The van der Waals surface area contributed by atoms with Gasteiger partial charge in [0, 0.05) is 25.4 Å². The molecule has 1 heterocycles. The zero-order chi connectivity index (χ0) is 18.6. The summed E-state index contributed by atoms with van der Waals surface area (Å²) < 4.78 is 0. The van der Waals surface area contributed by atoms with Gasteiger partial charge in [-0.3, -0.25) is 9.59 Å². The third-order valence-corrected chi connectivity index (χ3v) is 5.25. The number of rotatable bonds is 4. The average molecular weight is 350 g/mol. The minimum Gasteiger partial charge on any atom is -0.345 e. The normalized spacial score (nSPS) is 17.4. The molecule has 4 nitrogen and oxygen atoms in total. The fraction of sp³-hybridized carbons (Fsp3) is 0.364. The molecule has 0 aliphatic carbocycles. The van der Waals surface area contributed by atoms with E-state index in [0.29, 0.717) is 6.54 Å². The SMILES string of the molecule is CC(=O)N[C@H](C)C(=O)N1CCCC(c2ccccc2)(c2ccccc2)C1. The standard InChI is InChI=1S/C22H26N2O2/c1-17(23-18(2)25)21(26)24-15-9-14-22(16-24,19-10-5-3-6-11-19)20-12-7-4-8-13-20/h3-8,10-13,17H,9,14-16H2,1-2H3,(H,23,25)/t17-/m1/s1. The highest BCUT2D eigenvalue weighted by Crippen LogP contribution is 2.40. The van der Waals surface area contributed by atoms with E-state index in [1.165, 1.54) is 18.1 Å². The highest BCUT2D eigenvalue weighted by Gasteiger charge is 2.40. The van der Waals surface area contributed by atoms with E-state index < -0.39 is 6.04 Å². The van der Waals surface area contributed by atoms with Crippen LogP contribution in [-0.2, 0) is 15.0 Å². The summed E-state index contributed by atoms with van der Waals surface area (Å²) in [7, 11) is 0. The predicted molar refractivity (Wildman–Crippen MR) is 103 cm³/mol. The molecule has 136 valence electrons. The number of amides is 2. The van der Waals surface area contributed by atoms with E-state index in [4.69, 9.17) is 0 Å². The van der Waals surface area contributed by atoms with Crippen molar-refractivity contribution >= 4 is 11.8 Å². The summed E-state index contributed by atoms with van der Waals surface area (Å²) in [6.07, 6.45) is 1.93. The van der Waals surface area contributed by atoms with Crippen molar-refractivity contribution in [3.05, 3.63) is 71.8 Å². The third kappa shape index (κ3) is 3.64. The molecular formula is C22H26N2O2. The number of benzene rings is 2. The Kier molecular flexibility index (Phi) is 5.40. The second-order valence-corrected chi connectivity index (χ2v) is 7.10. The lowest BCUT2D eigenvalue weighted by molar-refractivity contribution is -0.137. The van der Waals surface area contributed by atoms with E-state index in [-0.39, 0.29) is 17.2 Å². The molecule has 1 aliphatic heterocycles. The summed E-state index contributed by atoms with van der Waals surface area (Å²) in [6, 6.07) is 20.4. The number of carbonyl (C=O) groups excluding carboxylic acids is 2. The smallest absolute Gasteiger partial charge is 0.244 e. The molecule has 3 rings (SSSR count). The van der Waals surface area contributed by atoms with Gasteiger partial charge in [-0.15, -0.1) is 0 Å². The van der Waals surface area contributed by atoms with Crippen LogP contribution in [0.4, 0.5) is 0 Å². The number of hydrogen-bond acceptors (Lipinski definition) is 2. The molecule has 0 spiro atoms. The Morgan fingerprint density at radius 3 is 2.04 bits per heavy atom. The van der Waals surface area contributed by atoms with Crippen molar-refractivity contribution in [1.29, 1.82) is 0 Å². The van der Waals surface area contributed by atoms with Gasteiger partial charge in [0.2, 0.25) is 11.8 Å². The van der Waals surface area contributed by atoms with Crippen molar-refractivity contribution in [2.45, 2.75) is 38.1 Å². The molecule has 0 aromatic heterocycles. The van der Waals surface area contributed by atoms with Crippen LogP contribution in [0.3, 0.4) is 0 Å². The van der Waals surface area contributed by atoms with E-state index >= 15 is 0 Å². The summed E-state index contributed by atoms with van der Waals surface area (Å²) in [6.45, 7) is 4.55. The topological polar surface area (TPSA) is 49.4 Å². The highest BCUT2D eigenvalue weighted by molar-refractivity contribution is 5.86. The van der Waals surface area contributed by atoms with Crippen molar-refractivity contribution in [3.63, 3.8) is 0 Å². The van der Waals surface area contributed by atoms with Crippen LogP contribution in [0.2, 0.25) is 0 Å². The lowest BCUT2D eigenvalue weighted by Crippen LogP contribution is -2.54. The number of nitrogens with zero attached hydrogens (tertiary/aromatic N) is 1. The van der Waals surface area contributed by atoms with Crippen molar-refractivity contribution in [1.82, 2.24) is 10.2 Å². The monoisotopic (exact) mass is 350 g/mol. The summed E-state index contributed by atoms with van der Waals surface area (Å²) in [4.78, 5) is 26.1. The van der Waals surface area contributed by atoms with Crippen molar-refractivity contribution in [3.8, 4) is 0 Å². The van der Waals surface area contributed by atoms with E-state index in [1.54, 1.807) is 6.92 Å². The first kappa shape index (κ1) is 18.2. The Bertz CT molecular complexity index is 719. The molecule has 2 aromatic carbocycles. The minimum absolute atomic E-state index is 0.0175. The van der Waals surface area contributed by atoms with Gasteiger partial charge in [0.15, 0.2) is 0 Å². The van der Waals surface area contributed by atoms with E-state index in [0.717, 1.165) is 19.4 Å². The van der Waals surface area contributed by atoms with Gasteiger partial charge >= 0.3 is 0 Å². The van der Waals surface area contributed by atoms with Crippen molar-refractivity contribution < 1.29 is 9.59 Å². The zero-order valence-corrected chi connectivity index (χ0v) is 15.4. The largest absolute Gasteiger partial charge is 0.345 e. The Hall–Kier alpha value is -2.62. The minimum atomic E-state index is -0.505. The van der Waals surface area contributed by atoms with Crippen LogP contribution < -0.4 is 5.32 Å². The number of hydrogen-bond donors (Lipinski definition) is 1. The molecule has 1 aliphatic rings. The summed E-state index contributed by atoms with van der Waals surface area (Å²) in [5, 5.41) is 2.72. The van der Waals surface area contributed by atoms with Crippen LogP contribution in [0.5, 0.6) is 0 Å². The maximum absolute atomic E-state index is 12.9. The Morgan fingerprint density at radius 1 is 1.00 bits per heavy atom. The summed E-state index contributed by atoms with van der Waals surface area (Å²) >= 11 is 0. The molecule has 4 heteroatoms. The zero-order valence-electron chi connectivity index (χ0n) is 15.4. The molecule has 1 fully saturated rings. The lowest BCUT2D eigenvalue weighted by atomic mass is 9.69. The van der Waals surface area contributed by atoms with Gasteiger partial charge in [0.05, 0.1) is 0 Å². The second kappa shape index (κ2) is 7.73. The van der Waals surface area contributed by atoms with Crippen LogP contribution in [-0.4, -0.2) is 35.8 Å². The van der Waals surface area contributed by atoms with Crippen LogP contribution in [0.25, 0.3) is 0 Å². The van der Waals surface area contributed by atoms with Crippen LogP contribution >= 0.6 is 0 Å². The molecular weight excluding hydrogens is 324 g/mol. The van der Waals surface area contributed by atoms with E-state index in [1.807, 2.05) is 17.0 Å².